The summed E-state index contributed by atoms with van der Waals surface area (Å²) in [7, 11) is 0. The monoisotopic (exact) mass is 428 g/mol. The third-order valence-electron chi connectivity index (χ3n) is 8.92. The van der Waals surface area contributed by atoms with Crippen molar-refractivity contribution in [2.24, 2.45) is 41.4 Å². The summed E-state index contributed by atoms with van der Waals surface area (Å²) in [5.41, 5.74) is 0. The molecule has 176 valence electrons. The van der Waals surface area contributed by atoms with E-state index >= 15 is 0 Å². The van der Waals surface area contributed by atoms with Crippen LogP contribution in [0.2, 0.25) is 0 Å². The fourth-order valence-corrected chi connectivity index (χ4v) is 7.00. The van der Waals surface area contributed by atoms with Crippen molar-refractivity contribution in [3.8, 4) is 0 Å². The van der Waals surface area contributed by atoms with E-state index in [4.69, 9.17) is 9.84 Å². The molecule has 0 saturated heterocycles. The lowest BCUT2D eigenvalue weighted by Crippen LogP contribution is -2.42. The van der Waals surface area contributed by atoms with Crippen molar-refractivity contribution in [1.29, 1.82) is 0 Å². The molecule has 0 aliphatic heterocycles. The molecule has 0 bridgehead atoms. The maximum absolute atomic E-state index is 14.8. The van der Waals surface area contributed by atoms with E-state index in [1.807, 2.05) is 0 Å². The van der Waals surface area contributed by atoms with Gasteiger partial charge in [0.25, 0.3) is 0 Å². The van der Waals surface area contributed by atoms with Gasteiger partial charge in [-0.2, -0.15) is 8.78 Å². The molecule has 0 amide bonds. The number of aliphatic hydroxyl groups is 1. The fourth-order valence-electron chi connectivity index (χ4n) is 7.00. The standard InChI is InChI=1S/C26H46F2O2/c1-18-7-10-22(11-8-18)26(27,28)30-23-12-14-25(20(3)17-23)24-13-9-21(16-19(24)2)6-4-5-15-29/h18-25,29H,4-17H2,1-3H3. The largest absolute Gasteiger partial charge is 0.396 e. The minimum Gasteiger partial charge on any atom is -0.396 e. The quantitative estimate of drug-likeness (QED) is 0.407. The van der Waals surface area contributed by atoms with Crippen LogP contribution in [0, 0.1) is 41.4 Å². The molecule has 6 unspecified atom stereocenters. The van der Waals surface area contributed by atoms with Crippen LogP contribution in [0.3, 0.4) is 0 Å². The van der Waals surface area contributed by atoms with Gasteiger partial charge in [0, 0.05) is 6.61 Å². The van der Waals surface area contributed by atoms with Gasteiger partial charge in [0.05, 0.1) is 12.0 Å². The van der Waals surface area contributed by atoms with Crippen LogP contribution in [0.4, 0.5) is 8.78 Å². The normalized spacial score (nSPS) is 41.0. The van der Waals surface area contributed by atoms with Gasteiger partial charge in [0.2, 0.25) is 0 Å². The molecule has 0 spiro atoms. The average molecular weight is 429 g/mol. The summed E-state index contributed by atoms with van der Waals surface area (Å²) in [6, 6.07) is 0. The number of halogens is 2. The van der Waals surface area contributed by atoms with Crippen LogP contribution in [0.25, 0.3) is 0 Å². The maximum atomic E-state index is 14.8. The maximum Gasteiger partial charge on any atom is 0.358 e. The highest BCUT2D eigenvalue weighted by Gasteiger charge is 2.46. The predicted molar refractivity (Wildman–Crippen MR) is 118 cm³/mol. The topological polar surface area (TPSA) is 29.5 Å². The van der Waals surface area contributed by atoms with Crippen LogP contribution in [-0.2, 0) is 4.74 Å². The first-order valence-electron chi connectivity index (χ1n) is 13.0. The Hall–Kier alpha value is -0.220. The Morgan fingerprint density at radius 2 is 1.43 bits per heavy atom. The first kappa shape index (κ1) is 24.4. The van der Waals surface area contributed by atoms with Crippen molar-refractivity contribution in [3.63, 3.8) is 0 Å². The van der Waals surface area contributed by atoms with Gasteiger partial charge >= 0.3 is 6.11 Å². The van der Waals surface area contributed by atoms with Gasteiger partial charge in [-0.1, -0.05) is 52.9 Å². The summed E-state index contributed by atoms with van der Waals surface area (Å²) >= 11 is 0. The summed E-state index contributed by atoms with van der Waals surface area (Å²) < 4.78 is 35.1. The smallest absolute Gasteiger partial charge is 0.358 e. The summed E-state index contributed by atoms with van der Waals surface area (Å²) in [5, 5.41) is 9.01. The lowest BCUT2D eigenvalue weighted by atomic mass is 9.62. The molecule has 3 saturated carbocycles. The van der Waals surface area contributed by atoms with Crippen molar-refractivity contribution in [2.75, 3.05) is 6.61 Å². The third kappa shape index (κ3) is 6.40. The van der Waals surface area contributed by atoms with Crippen LogP contribution in [0.1, 0.15) is 104 Å². The first-order chi connectivity index (χ1) is 14.3. The van der Waals surface area contributed by atoms with Crippen LogP contribution >= 0.6 is 0 Å². The number of unbranched alkanes of at least 4 members (excludes halogenated alkanes) is 1. The second-order valence-corrected chi connectivity index (χ2v) is 11.3. The Labute approximate surface area is 183 Å². The molecule has 0 aromatic heterocycles. The van der Waals surface area contributed by atoms with Gasteiger partial charge < -0.3 is 9.84 Å². The van der Waals surface area contributed by atoms with Gasteiger partial charge in [-0.05, 0) is 86.9 Å². The SMILES string of the molecule is CC1CCC(C(F)(F)OC2CCC(C3CCC(CCCCO)CC3C)C(C)C2)CC1. The van der Waals surface area contributed by atoms with E-state index in [0.717, 1.165) is 62.7 Å². The number of ether oxygens (including phenoxy) is 1. The Bertz CT molecular complexity index is 503. The molecule has 3 aliphatic rings. The van der Waals surface area contributed by atoms with Crippen LogP contribution in [0.5, 0.6) is 0 Å². The van der Waals surface area contributed by atoms with E-state index in [2.05, 4.69) is 20.8 Å². The molecule has 0 aromatic rings. The summed E-state index contributed by atoms with van der Waals surface area (Å²) in [5.74, 6) is 3.44. The Morgan fingerprint density at radius 3 is 2.03 bits per heavy atom. The van der Waals surface area contributed by atoms with Gasteiger partial charge in [0.15, 0.2) is 0 Å². The Morgan fingerprint density at radius 1 is 0.800 bits per heavy atom. The molecule has 1 N–H and O–H groups in total. The zero-order valence-corrected chi connectivity index (χ0v) is 19.6. The van der Waals surface area contributed by atoms with Crippen LogP contribution < -0.4 is 0 Å². The number of alkyl halides is 2. The van der Waals surface area contributed by atoms with Gasteiger partial charge in [-0.25, -0.2) is 0 Å². The molecule has 2 nitrogen and oxygen atoms in total. The number of aliphatic hydroxyl groups excluding tert-OH is 1. The van der Waals surface area contributed by atoms with E-state index in [1.165, 1.54) is 25.7 Å². The zero-order chi connectivity index (χ0) is 21.7. The zero-order valence-electron chi connectivity index (χ0n) is 19.6. The van der Waals surface area contributed by atoms with E-state index in [0.29, 0.717) is 37.2 Å². The van der Waals surface area contributed by atoms with E-state index in [1.54, 1.807) is 0 Å². The molecule has 3 aliphatic carbocycles. The van der Waals surface area contributed by atoms with Crippen molar-refractivity contribution >= 4 is 0 Å². The minimum absolute atomic E-state index is 0.268. The van der Waals surface area contributed by atoms with E-state index in [9.17, 15) is 8.78 Å². The van der Waals surface area contributed by atoms with Gasteiger partial charge in [-0.15, -0.1) is 0 Å². The first-order valence-corrected chi connectivity index (χ1v) is 13.0. The second kappa shape index (κ2) is 11.1. The highest BCUT2D eigenvalue weighted by atomic mass is 19.3. The van der Waals surface area contributed by atoms with Crippen LogP contribution in [0.15, 0.2) is 0 Å². The second-order valence-electron chi connectivity index (χ2n) is 11.3. The Balaban J connectivity index is 1.46. The average Bonchev–Trinajstić information content (AvgIpc) is 2.69. The van der Waals surface area contributed by atoms with Crippen molar-refractivity contribution in [2.45, 2.75) is 116 Å². The van der Waals surface area contributed by atoms with E-state index in [-0.39, 0.29) is 6.10 Å². The highest BCUT2D eigenvalue weighted by molar-refractivity contribution is 4.89. The fraction of sp³-hybridized carbons (Fsp3) is 1.00. The highest BCUT2D eigenvalue weighted by Crippen LogP contribution is 2.48. The van der Waals surface area contributed by atoms with Gasteiger partial charge in [-0.3, -0.25) is 0 Å². The molecule has 4 heteroatoms. The number of rotatable bonds is 8. The molecule has 0 heterocycles. The van der Waals surface area contributed by atoms with Crippen LogP contribution in [-0.4, -0.2) is 23.9 Å². The predicted octanol–water partition coefficient (Wildman–Crippen LogP) is 7.44. The minimum atomic E-state index is -2.95. The molecule has 3 fully saturated rings. The molecule has 0 aromatic carbocycles. The lowest BCUT2D eigenvalue weighted by Gasteiger charge is -2.45. The molecule has 6 atom stereocenters. The van der Waals surface area contributed by atoms with Crippen molar-refractivity contribution in [1.82, 2.24) is 0 Å². The van der Waals surface area contributed by atoms with Gasteiger partial charge in [0.1, 0.15) is 0 Å². The third-order valence-corrected chi connectivity index (χ3v) is 8.92. The summed E-state index contributed by atoms with van der Waals surface area (Å²) in [4.78, 5) is 0. The lowest BCUT2D eigenvalue weighted by molar-refractivity contribution is -0.304. The molecule has 30 heavy (non-hydrogen) atoms. The molecular weight excluding hydrogens is 382 g/mol. The number of hydrogen-bond donors (Lipinski definition) is 1. The molecule has 0 radical (unpaired) electrons. The summed E-state index contributed by atoms with van der Waals surface area (Å²) in [6.07, 6.45) is 9.71. The molecule has 3 rings (SSSR count). The van der Waals surface area contributed by atoms with Crippen molar-refractivity contribution < 1.29 is 18.6 Å². The summed E-state index contributed by atoms with van der Waals surface area (Å²) in [6.45, 7) is 7.17. The molecular formula is C26H46F2O2. The Kier molecular flexibility index (Phi) is 9.02. The number of hydrogen-bond acceptors (Lipinski definition) is 2. The van der Waals surface area contributed by atoms with Crippen molar-refractivity contribution in [3.05, 3.63) is 0 Å². The van der Waals surface area contributed by atoms with E-state index < -0.39 is 12.0 Å².